The molecular formula is C89H174O17P2. The molecule has 108 heavy (non-hydrogen) atoms. The summed E-state index contributed by atoms with van der Waals surface area (Å²) in [7, 11) is -9.93. The molecular weight excluding hydrogens is 1400 g/mol. The minimum Gasteiger partial charge on any atom is -0.462 e. The molecule has 4 unspecified atom stereocenters. The first kappa shape index (κ1) is 106. The van der Waals surface area contributed by atoms with Crippen LogP contribution in [0.4, 0.5) is 0 Å². The van der Waals surface area contributed by atoms with E-state index in [1.54, 1.807) is 0 Å². The molecule has 0 aromatic heterocycles. The predicted octanol–water partition coefficient (Wildman–Crippen LogP) is 27.4. The smallest absolute Gasteiger partial charge is 0.462 e. The van der Waals surface area contributed by atoms with Gasteiger partial charge in [-0.15, -0.1) is 0 Å². The molecule has 0 radical (unpaired) electrons. The van der Waals surface area contributed by atoms with Crippen LogP contribution in [0, 0.1) is 11.8 Å². The number of carbonyl (C=O) groups excluding carboxylic acids is 4. The topological polar surface area (TPSA) is 237 Å². The number of hydrogen-bond acceptors (Lipinski definition) is 15. The Morgan fingerprint density at radius 2 is 0.444 bits per heavy atom. The molecule has 0 aromatic carbocycles. The number of hydrogen-bond donors (Lipinski definition) is 3. The number of rotatable bonds is 88. The van der Waals surface area contributed by atoms with Crippen LogP contribution in [0.1, 0.15) is 478 Å². The van der Waals surface area contributed by atoms with E-state index in [4.69, 9.17) is 37.0 Å². The van der Waals surface area contributed by atoms with Crippen LogP contribution in [0.2, 0.25) is 0 Å². The van der Waals surface area contributed by atoms with Gasteiger partial charge in [0.2, 0.25) is 0 Å². The Labute approximate surface area is 664 Å². The number of aliphatic hydroxyl groups excluding tert-OH is 1. The summed E-state index contributed by atoms with van der Waals surface area (Å²) >= 11 is 0. The zero-order valence-corrected chi connectivity index (χ0v) is 73.0. The molecule has 0 bridgehead atoms. The molecule has 0 heterocycles. The van der Waals surface area contributed by atoms with Gasteiger partial charge in [0, 0.05) is 25.7 Å². The summed E-state index contributed by atoms with van der Waals surface area (Å²) in [4.78, 5) is 73.3. The maximum Gasteiger partial charge on any atom is 0.472 e. The second-order valence-corrected chi connectivity index (χ2v) is 35.4. The van der Waals surface area contributed by atoms with Crippen LogP contribution < -0.4 is 0 Å². The monoisotopic (exact) mass is 1580 g/mol. The van der Waals surface area contributed by atoms with Gasteiger partial charge in [-0.1, -0.05) is 427 Å². The van der Waals surface area contributed by atoms with Crippen LogP contribution in [0.3, 0.4) is 0 Å². The molecule has 0 rings (SSSR count). The summed E-state index contributed by atoms with van der Waals surface area (Å²) in [6, 6.07) is 0. The van der Waals surface area contributed by atoms with Crippen LogP contribution in [-0.4, -0.2) is 96.7 Å². The van der Waals surface area contributed by atoms with Gasteiger partial charge in [0.25, 0.3) is 0 Å². The summed E-state index contributed by atoms with van der Waals surface area (Å²) in [5.74, 6) is -0.499. The molecule has 0 fully saturated rings. The summed E-state index contributed by atoms with van der Waals surface area (Å²) < 4.78 is 68.9. The quantitative estimate of drug-likeness (QED) is 0.0222. The van der Waals surface area contributed by atoms with Crippen molar-refractivity contribution in [3.8, 4) is 0 Å². The molecule has 0 aliphatic carbocycles. The van der Waals surface area contributed by atoms with E-state index in [0.29, 0.717) is 25.7 Å². The summed E-state index contributed by atoms with van der Waals surface area (Å²) in [5.41, 5.74) is 0. The minimum atomic E-state index is -4.97. The van der Waals surface area contributed by atoms with Gasteiger partial charge in [0.15, 0.2) is 12.2 Å². The highest BCUT2D eigenvalue weighted by Crippen LogP contribution is 2.45. The van der Waals surface area contributed by atoms with Crippen molar-refractivity contribution in [3.05, 3.63) is 0 Å². The Hall–Kier alpha value is -1.94. The summed E-state index contributed by atoms with van der Waals surface area (Å²) in [5, 5.41) is 10.7. The van der Waals surface area contributed by atoms with Gasteiger partial charge in [0.1, 0.15) is 19.3 Å². The lowest BCUT2D eigenvalue weighted by atomic mass is 9.99. The highest BCUT2D eigenvalue weighted by atomic mass is 31.2. The molecule has 0 aliphatic heterocycles. The fourth-order valence-corrected chi connectivity index (χ4v) is 15.5. The molecule has 3 N–H and O–H groups in total. The van der Waals surface area contributed by atoms with Crippen LogP contribution in [0.5, 0.6) is 0 Å². The molecule has 7 atom stereocenters. The maximum atomic E-state index is 13.2. The molecule has 0 aromatic rings. The maximum absolute atomic E-state index is 13.2. The Balaban J connectivity index is 5.20. The average Bonchev–Trinajstić information content (AvgIpc) is 0.900. The first-order valence-corrected chi connectivity index (χ1v) is 49.1. The highest BCUT2D eigenvalue weighted by Gasteiger charge is 2.31. The van der Waals surface area contributed by atoms with E-state index < -0.39 is 97.5 Å². The van der Waals surface area contributed by atoms with Crippen molar-refractivity contribution in [2.45, 2.75) is 496 Å². The molecule has 0 saturated heterocycles. The van der Waals surface area contributed by atoms with E-state index in [9.17, 15) is 43.2 Å². The van der Waals surface area contributed by atoms with E-state index in [1.807, 2.05) is 0 Å². The van der Waals surface area contributed by atoms with Gasteiger partial charge in [-0.05, 0) is 37.5 Å². The molecule has 19 heteroatoms. The number of phosphoric ester groups is 2. The van der Waals surface area contributed by atoms with Crippen LogP contribution >= 0.6 is 15.6 Å². The first-order valence-electron chi connectivity index (χ1n) is 46.1. The molecule has 0 saturated carbocycles. The normalized spacial score (nSPS) is 14.3. The van der Waals surface area contributed by atoms with Crippen LogP contribution in [0.25, 0.3) is 0 Å². The summed E-state index contributed by atoms with van der Waals surface area (Å²) in [6.45, 7) is 9.71. The van der Waals surface area contributed by atoms with Crippen LogP contribution in [-0.2, 0) is 65.4 Å². The van der Waals surface area contributed by atoms with Gasteiger partial charge < -0.3 is 33.8 Å². The molecule has 0 spiro atoms. The van der Waals surface area contributed by atoms with E-state index in [-0.39, 0.29) is 25.7 Å². The lowest BCUT2D eigenvalue weighted by molar-refractivity contribution is -0.161. The molecule has 0 amide bonds. The van der Waals surface area contributed by atoms with Gasteiger partial charge in [0.05, 0.1) is 26.4 Å². The largest absolute Gasteiger partial charge is 0.472 e. The van der Waals surface area contributed by atoms with Crippen molar-refractivity contribution in [2.24, 2.45) is 11.8 Å². The number of ether oxygens (including phenoxy) is 4. The number of phosphoric acid groups is 2. The Morgan fingerprint density at radius 1 is 0.259 bits per heavy atom. The second-order valence-electron chi connectivity index (χ2n) is 32.5. The zero-order chi connectivity index (χ0) is 79.2. The number of esters is 4. The van der Waals surface area contributed by atoms with E-state index in [1.165, 1.54) is 289 Å². The van der Waals surface area contributed by atoms with Gasteiger partial charge >= 0.3 is 39.5 Å². The van der Waals surface area contributed by atoms with Crippen LogP contribution in [0.15, 0.2) is 0 Å². The number of carbonyl (C=O) groups is 4. The van der Waals surface area contributed by atoms with E-state index in [2.05, 4.69) is 41.5 Å². The third-order valence-electron chi connectivity index (χ3n) is 21.7. The lowest BCUT2D eigenvalue weighted by Crippen LogP contribution is -2.30. The second kappa shape index (κ2) is 80.3. The lowest BCUT2D eigenvalue weighted by Gasteiger charge is -2.21. The van der Waals surface area contributed by atoms with Crippen molar-refractivity contribution in [1.29, 1.82) is 0 Å². The van der Waals surface area contributed by atoms with Gasteiger partial charge in [-0.25, -0.2) is 9.13 Å². The Bertz CT molecular complexity index is 2070. The van der Waals surface area contributed by atoms with Gasteiger partial charge in [-0.2, -0.15) is 0 Å². The Kier molecular flexibility index (Phi) is 78.8. The molecule has 642 valence electrons. The highest BCUT2D eigenvalue weighted by molar-refractivity contribution is 7.47. The van der Waals surface area contributed by atoms with E-state index >= 15 is 0 Å². The van der Waals surface area contributed by atoms with E-state index in [0.717, 1.165) is 108 Å². The average molecular weight is 1580 g/mol. The minimum absolute atomic E-state index is 0.107. The van der Waals surface area contributed by atoms with Gasteiger partial charge in [-0.3, -0.25) is 37.3 Å². The Morgan fingerprint density at radius 3 is 0.657 bits per heavy atom. The fraction of sp³-hybridized carbons (Fsp3) is 0.955. The SMILES string of the molecule is CCCCCCCCCCCCCCCCCCCCCCCCC(=O)OC[C@H](COP(=O)(O)OC[C@@H](O)COP(=O)(O)OC[C@@H](COC(=O)CCCCCCCCC(C)CC)OC(=O)CCCCCCCCCCCCCCCC)OC(=O)CCCCCCCCCCCCCCCCCCCCC(C)CC. The third kappa shape index (κ3) is 79.3. The molecule has 0 aliphatic rings. The standard InChI is InChI=1S/C89H174O17P2/c1-7-11-13-15-17-19-21-23-25-26-27-28-29-30-34-37-41-44-48-52-59-65-71-86(91)99-77-84(105-88(93)74-68-62-54-50-46-42-38-35-32-31-33-36-39-43-47-51-57-63-69-81(5)9-3)79-103-107(95,96)101-75-83(90)76-102-108(97,98)104-80-85(78-100-87(92)72-66-60-56-55-58-64-70-82(6)10-4)106-89(94)73-67-61-53-49-45-40-24-22-20-18-16-14-12-8-2/h81-85,90H,7-80H2,1-6H3,(H,95,96)(H,97,98)/t81?,82?,83-,84-,85-/m1/s1. The molecule has 17 nitrogen and oxygen atoms in total. The number of aliphatic hydroxyl groups is 1. The fourth-order valence-electron chi connectivity index (χ4n) is 13.9. The zero-order valence-electron chi connectivity index (χ0n) is 71.2. The van der Waals surface area contributed by atoms with Crippen molar-refractivity contribution in [2.75, 3.05) is 39.6 Å². The van der Waals surface area contributed by atoms with Crippen molar-refractivity contribution in [1.82, 2.24) is 0 Å². The van der Waals surface area contributed by atoms with Crippen molar-refractivity contribution >= 4 is 39.5 Å². The first-order chi connectivity index (χ1) is 52.4. The van der Waals surface area contributed by atoms with Crippen molar-refractivity contribution < 1.29 is 80.2 Å². The summed E-state index contributed by atoms with van der Waals surface area (Å²) in [6.07, 6.45) is 73.8. The predicted molar refractivity (Wildman–Crippen MR) is 446 cm³/mol. The van der Waals surface area contributed by atoms with Crippen molar-refractivity contribution in [3.63, 3.8) is 0 Å². The third-order valence-corrected chi connectivity index (χ3v) is 23.6. The number of unbranched alkanes of at least 4 members (excludes halogenated alkanes) is 56.